The van der Waals surface area contributed by atoms with Crippen molar-refractivity contribution in [3.05, 3.63) is 38.9 Å². The fourth-order valence-electron chi connectivity index (χ4n) is 2.16. The largest absolute Gasteiger partial charge is 0.390 e. The smallest absolute Gasteiger partial charge is 0.287 e. The molecule has 7 heteroatoms. The van der Waals surface area contributed by atoms with Gasteiger partial charge in [0.15, 0.2) is 0 Å². The number of nitro groups is 1. The van der Waals surface area contributed by atoms with E-state index in [1.54, 1.807) is 11.8 Å². The van der Waals surface area contributed by atoms with Crippen LogP contribution in [0.25, 0.3) is 0 Å². The van der Waals surface area contributed by atoms with Gasteiger partial charge in [-0.15, -0.1) is 0 Å². The van der Waals surface area contributed by atoms with Gasteiger partial charge >= 0.3 is 0 Å². The molecule has 2 rings (SSSR count). The first-order valence-electron chi connectivity index (χ1n) is 6.26. The monoisotopic (exact) mass is 298 g/mol. The van der Waals surface area contributed by atoms with Crippen LogP contribution in [0.5, 0.6) is 0 Å². The molecular weight excluding hydrogens is 284 g/mol. The van der Waals surface area contributed by atoms with Gasteiger partial charge in [-0.1, -0.05) is 11.6 Å². The minimum Gasteiger partial charge on any atom is -0.390 e. The van der Waals surface area contributed by atoms with Crippen LogP contribution in [-0.4, -0.2) is 39.5 Å². The maximum absolute atomic E-state index is 12.3. The number of halogens is 1. The first-order valence-corrected chi connectivity index (χ1v) is 6.63. The Kier molecular flexibility index (Phi) is 3.96. The average Bonchev–Trinajstić information content (AvgIpc) is 2.37. The number of hydrogen-bond donors (Lipinski definition) is 1. The number of aliphatic hydroxyl groups is 1. The van der Waals surface area contributed by atoms with Crippen molar-refractivity contribution in [1.29, 1.82) is 0 Å². The number of amides is 1. The topological polar surface area (TPSA) is 83.7 Å². The van der Waals surface area contributed by atoms with Crippen molar-refractivity contribution in [3.8, 4) is 0 Å². The number of nitro benzene ring substituents is 1. The lowest BCUT2D eigenvalue weighted by atomic mass is 9.93. The zero-order valence-electron chi connectivity index (χ0n) is 11.0. The van der Waals surface area contributed by atoms with Gasteiger partial charge in [-0.05, 0) is 31.9 Å². The summed E-state index contributed by atoms with van der Waals surface area (Å²) < 4.78 is 0. The van der Waals surface area contributed by atoms with Crippen LogP contribution >= 0.6 is 11.6 Å². The minimum atomic E-state index is -0.732. The standard InChI is InChI=1S/C13H15ClN2O4/c1-13(18)4-6-15(7-5-13)12(17)9-2-3-11(16(19)20)10(14)8-9/h2-3,8,18H,4-7H2,1H3. The summed E-state index contributed by atoms with van der Waals surface area (Å²) >= 11 is 5.80. The molecule has 1 aliphatic heterocycles. The molecule has 0 spiro atoms. The number of piperidine rings is 1. The van der Waals surface area contributed by atoms with Crippen LogP contribution in [0.15, 0.2) is 18.2 Å². The molecule has 108 valence electrons. The summed E-state index contributed by atoms with van der Waals surface area (Å²) in [7, 11) is 0. The number of carbonyl (C=O) groups is 1. The quantitative estimate of drug-likeness (QED) is 0.670. The molecule has 6 nitrogen and oxygen atoms in total. The van der Waals surface area contributed by atoms with Crippen molar-refractivity contribution in [2.24, 2.45) is 0 Å². The molecule has 1 fully saturated rings. The van der Waals surface area contributed by atoms with Gasteiger partial charge in [-0.25, -0.2) is 0 Å². The lowest BCUT2D eigenvalue weighted by Crippen LogP contribution is -2.45. The summed E-state index contributed by atoms with van der Waals surface area (Å²) in [4.78, 5) is 24.0. The summed E-state index contributed by atoms with van der Waals surface area (Å²) in [6.07, 6.45) is 1.03. The minimum absolute atomic E-state index is 0.0511. The van der Waals surface area contributed by atoms with E-state index >= 15 is 0 Å². The second-order valence-electron chi connectivity index (χ2n) is 5.21. The molecule has 1 amide bonds. The molecular formula is C13H15ClN2O4. The Balaban J connectivity index is 2.14. The highest BCUT2D eigenvalue weighted by molar-refractivity contribution is 6.33. The number of likely N-dealkylation sites (tertiary alicyclic amines) is 1. The van der Waals surface area contributed by atoms with E-state index in [1.807, 2.05) is 0 Å². The van der Waals surface area contributed by atoms with Crippen LogP contribution in [-0.2, 0) is 0 Å². The van der Waals surface area contributed by atoms with Crippen LogP contribution in [0.1, 0.15) is 30.1 Å². The zero-order chi connectivity index (χ0) is 14.9. The number of hydrogen-bond acceptors (Lipinski definition) is 4. The molecule has 1 aliphatic rings. The van der Waals surface area contributed by atoms with E-state index in [0.29, 0.717) is 31.5 Å². The second-order valence-corrected chi connectivity index (χ2v) is 5.62. The van der Waals surface area contributed by atoms with Gasteiger partial charge in [0.2, 0.25) is 0 Å². The van der Waals surface area contributed by atoms with E-state index in [0.717, 1.165) is 0 Å². The summed E-state index contributed by atoms with van der Waals surface area (Å²) in [5, 5.41) is 20.5. The lowest BCUT2D eigenvalue weighted by Gasteiger charge is -2.35. The molecule has 20 heavy (non-hydrogen) atoms. The van der Waals surface area contributed by atoms with Gasteiger partial charge in [-0.2, -0.15) is 0 Å². The van der Waals surface area contributed by atoms with E-state index in [9.17, 15) is 20.0 Å². The van der Waals surface area contributed by atoms with Crippen LogP contribution in [0, 0.1) is 10.1 Å². The Morgan fingerprint density at radius 3 is 2.55 bits per heavy atom. The van der Waals surface area contributed by atoms with Crippen LogP contribution < -0.4 is 0 Å². The highest BCUT2D eigenvalue weighted by Crippen LogP contribution is 2.27. The van der Waals surface area contributed by atoms with Gasteiger partial charge in [0.25, 0.3) is 11.6 Å². The van der Waals surface area contributed by atoms with Crippen LogP contribution in [0.2, 0.25) is 5.02 Å². The molecule has 0 saturated carbocycles. The highest BCUT2D eigenvalue weighted by atomic mass is 35.5. The Hall–Kier alpha value is -1.66. The van der Waals surface area contributed by atoms with Gasteiger partial charge in [0.1, 0.15) is 5.02 Å². The van der Waals surface area contributed by atoms with Gasteiger partial charge < -0.3 is 10.0 Å². The molecule has 0 aliphatic carbocycles. The van der Waals surface area contributed by atoms with Crippen molar-refractivity contribution in [2.75, 3.05) is 13.1 Å². The van der Waals surface area contributed by atoms with Gasteiger partial charge in [0.05, 0.1) is 10.5 Å². The fourth-order valence-corrected chi connectivity index (χ4v) is 2.41. The Bertz CT molecular complexity index is 549. The lowest BCUT2D eigenvalue weighted by molar-refractivity contribution is -0.384. The summed E-state index contributed by atoms with van der Waals surface area (Å²) in [5.41, 5.74) is -0.629. The Morgan fingerprint density at radius 2 is 2.05 bits per heavy atom. The molecule has 0 atom stereocenters. The first kappa shape index (κ1) is 14.7. The van der Waals surface area contributed by atoms with Crippen molar-refractivity contribution in [3.63, 3.8) is 0 Å². The average molecular weight is 299 g/mol. The highest BCUT2D eigenvalue weighted by Gasteiger charge is 2.30. The summed E-state index contributed by atoms with van der Waals surface area (Å²) in [6, 6.07) is 3.95. The summed E-state index contributed by atoms with van der Waals surface area (Å²) in [5.74, 6) is -0.225. The third kappa shape index (κ3) is 3.08. The van der Waals surface area contributed by atoms with E-state index in [4.69, 9.17) is 11.6 Å². The van der Waals surface area contributed by atoms with Gasteiger partial charge in [-0.3, -0.25) is 14.9 Å². The van der Waals surface area contributed by atoms with Crippen molar-refractivity contribution in [1.82, 2.24) is 4.90 Å². The Labute approximate surface area is 121 Å². The third-order valence-electron chi connectivity index (χ3n) is 3.52. The molecule has 1 aromatic carbocycles. The van der Waals surface area contributed by atoms with E-state index in [-0.39, 0.29) is 16.6 Å². The molecule has 0 radical (unpaired) electrons. The third-order valence-corrected chi connectivity index (χ3v) is 3.82. The fraction of sp³-hybridized carbons (Fsp3) is 0.462. The predicted octanol–water partition coefficient (Wildman–Crippen LogP) is 2.24. The van der Waals surface area contributed by atoms with Crippen LogP contribution in [0.3, 0.4) is 0 Å². The maximum atomic E-state index is 12.3. The summed E-state index contributed by atoms with van der Waals surface area (Å²) in [6.45, 7) is 2.67. The molecule has 1 aromatic rings. The van der Waals surface area contributed by atoms with Crippen molar-refractivity contribution in [2.45, 2.75) is 25.4 Å². The number of nitrogens with zero attached hydrogens (tertiary/aromatic N) is 2. The molecule has 1 heterocycles. The van der Waals surface area contributed by atoms with Crippen LogP contribution in [0.4, 0.5) is 5.69 Å². The number of benzene rings is 1. The van der Waals surface area contributed by atoms with Crippen molar-refractivity contribution >= 4 is 23.2 Å². The molecule has 0 bridgehead atoms. The number of carbonyl (C=O) groups excluding carboxylic acids is 1. The number of rotatable bonds is 2. The predicted molar refractivity (Wildman–Crippen MR) is 73.9 cm³/mol. The maximum Gasteiger partial charge on any atom is 0.287 e. The molecule has 1 N–H and O–H groups in total. The van der Waals surface area contributed by atoms with Gasteiger partial charge in [0, 0.05) is 24.7 Å². The molecule has 1 saturated heterocycles. The second kappa shape index (κ2) is 5.38. The molecule has 0 unspecified atom stereocenters. The van der Waals surface area contributed by atoms with Crippen molar-refractivity contribution < 1.29 is 14.8 Å². The molecule has 0 aromatic heterocycles. The Morgan fingerprint density at radius 1 is 1.45 bits per heavy atom. The van der Waals surface area contributed by atoms with E-state index < -0.39 is 10.5 Å². The SMILES string of the molecule is CC1(O)CCN(C(=O)c2ccc([N+](=O)[O-])c(Cl)c2)CC1. The zero-order valence-corrected chi connectivity index (χ0v) is 11.8. The van der Waals surface area contributed by atoms with E-state index in [1.165, 1.54) is 18.2 Å². The normalized spacial score (nSPS) is 17.9. The van der Waals surface area contributed by atoms with E-state index in [2.05, 4.69) is 0 Å². The first-order chi connectivity index (χ1) is 9.30.